The number of fused-ring (bicyclic) bond motifs is 1. The van der Waals surface area contributed by atoms with Crippen LogP contribution in [0, 0.1) is 6.92 Å². The molecule has 3 rings (SSSR count). The fraction of sp³-hybridized carbons (Fsp3) is 0.526. The predicted octanol–water partition coefficient (Wildman–Crippen LogP) is 4.64. The van der Waals surface area contributed by atoms with E-state index in [-0.39, 0.29) is 12.1 Å². The Kier molecular flexibility index (Phi) is 4.09. The number of rotatable bonds is 2. The summed E-state index contributed by atoms with van der Waals surface area (Å²) in [7, 11) is 0. The van der Waals surface area contributed by atoms with Gasteiger partial charge in [0.15, 0.2) is 0 Å². The molecule has 0 saturated heterocycles. The molecule has 124 valence electrons. The van der Waals surface area contributed by atoms with Crippen LogP contribution in [0.25, 0.3) is 10.9 Å². The van der Waals surface area contributed by atoms with E-state index in [2.05, 4.69) is 41.6 Å². The Morgan fingerprint density at radius 2 is 2.09 bits per heavy atom. The van der Waals surface area contributed by atoms with Gasteiger partial charge in [-0.3, -0.25) is 0 Å². The maximum Gasteiger partial charge on any atom is 0.407 e. The third-order valence-corrected chi connectivity index (χ3v) is 4.49. The molecule has 1 aromatic carbocycles. The van der Waals surface area contributed by atoms with Crippen molar-refractivity contribution in [3.8, 4) is 0 Å². The van der Waals surface area contributed by atoms with Crippen molar-refractivity contribution in [3.05, 3.63) is 35.5 Å². The van der Waals surface area contributed by atoms with Crippen LogP contribution in [0.4, 0.5) is 4.79 Å². The number of hydrogen-bond acceptors (Lipinski definition) is 2. The highest BCUT2D eigenvalue weighted by Gasteiger charge is 2.32. The molecule has 2 N–H and O–H groups in total. The first-order valence-corrected chi connectivity index (χ1v) is 8.40. The molecule has 1 fully saturated rings. The van der Waals surface area contributed by atoms with Crippen molar-refractivity contribution in [1.82, 2.24) is 10.3 Å². The number of carbonyl (C=O) groups is 1. The average molecular weight is 314 g/mol. The monoisotopic (exact) mass is 314 g/mol. The smallest absolute Gasteiger partial charge is 0.407 e. The van der Waals surface area contributed by atoms with Crippen LogP contribution in [0.1, 0.15) is 57.1 Å². The topological polar surface area (TPSA) is 54.1 Å². The molecule has 1 saturated carbocycles. The van der Waals surface area contributed by atoms with Gasteiger partial charge in [0.05, 0.1) is 0 Å². The lowest BCUT2D eigenvalue weighted by atomic mass is 9.93. The Hall–Kier alpha value is -1.97. The second kappa shape index (κ2) is 5.91. The van der Waals surface area contributed by atoms with Crippen LogP contribution in [0.5, 0.6) is 0 Å². The van der Waals surface area contributed by atoms with E-state index in [0.29, 0.717) is 5.92 Å². The lowest BCUT2D eigenvalue weighted by Gasteiger charge is -2.24. The minimum absolute atomic E-state index is 0.143. The zero-order chi connectivity index (χ0) is 16.6. The first kappa shape index (κ1) is 15.9. The van der Waals surface area contributed by atoms with Gasteiger partial charge in [0.2, 0.25) is 0 Å². The second-order valence-corrected chi connectivity index (χ2v) is 7.58. The number of amides is 1. The van der Waals surface area contributed by atoms with Crippen molar-refractivity contribution in [2.45, 2.75) is 64.5 Å². The van der Waals surface area contributed by atoms with Crippen LogP contribution in [0.2, 0.25) is 0 Å². The number of ether oxygens (including phenoxy) is 1. The molecule has 4 heteroatoms. The summed E-state index contributed by atoms with van der Waals surface area (Å²) in [5, 5.41) is 4.35. The molecule has 0 bridgehead atoms. The first-order valence-electron chi connectivity index (χ1n) is 8.40. The normalized spacial score (nSPS) is 21.6. The molecule has 1 amide bonds. The van der Waals surface area contributed by atoms with Crippen molar-refractivity contribution in [1.29, 1.82) is 0 Å². The molecular weight excluding hydrogens is 288 g/mol. The van der Waals surface area contributed by atoms with Crippen molar-refractivity contribution in [3.63, 3.8) is 0 Å². The van der Waals surface area contributed by atoms with Crippen molar-refractivity contribution < 1.29 is 9.53 Å². The van der Waals surface area contributed by atoms with Crippen LogP contribution in [0.15, 0.2) is 24.4 Å². The van der Waals surface area contributed by atoms with Gasteiger partial charge in [-0.15, -0.1) is 0 Å². The van der Waals surface area contributed by atoms with Crippen LogP contribution in [-0.2, 0) is 4.74 Å². The first-order chi connectivity index (χ1) is 10.8. The Morgan fingerprint density at radius 3 is 2.83 bits per heavy atom. The Balaban J connectivity index is 1.81. The fourth-order valence-corrected chi connectivity index (χ4v) is 3.53. The van der Waals surface area contributed by atoms with Gasteiger partial charge < -0.3 is 15.0 Å². The predicted molar refractivity (Wildman–Crippen MR) is 92.8 cm³/mol. The minimum atomic E-state index is -0.462. The van der Waals surface area contributed by atoms with Gasteiger partial charge >= 0.3 is 6.09 Å². The summed E-state index contributed by atoms with van der Waals surface area (Å²) in [4.78, 5) is 15.5. The molecule has 0 radical (unpaired) electrons. The lowest BCUT2D eigenvalue weighted by molar-refractivity contribution is 0.0501. The van der Waals surface area contributed by atoms with Crippen molar-refractivity contribution in [2.24, 2.45) is 0 Å². The third kappa shape index (κ3) is 3.52. The number of aryl methyl sites for hydroxylation is 1. The summed E-state index contributed by atoms with van der Waals surface area (Å²) in [5.74, 6) is 0.345. The zero-order valence-corrected chi connectivity index (χ0v) is 14.4. The molecule has 23 heavy (non-hydrogen) atoms. The quantitative estimate of drug-likeness (QED) is 0.848. The SMILES string of the molecule is Cc1ccc2[nH]cc([C@@H]3CCC[C@H]3NC(=O)OC(C)(C)C)c2c1. The molecule has 0 aliphatic heterocycles. The van der Waals surface area contributed by atoms with Crippen LogP contribution < -0.4 is 5.32 Å². The van der Waals surface area contributed by atoms with E-state index in [4.69, 9.17) is 4.74 Å². The Labute approximate surface area is 137 Å². The number of benzene rings is 1. The number of alkyl carbamates (subject to hydrolysis) is 1. The summed E-state index contributed by atoms with van der Waals surface area (Å²) in [6, 6.07) is 6.61. The fourth-order valence-electron chi connectivity index (χ4n) is 3.53. The van der Waals surface area contributed by atoms with Gasteiger partial charge in [-0.1, -0.05) is 18.1 Å². The molecule has 2 atom stereocenters. The number of H-pyrrole nitrogens is 1. The summed E-state index contributed by atoms with van der Waals surface area (Å²) >= 11 is 0. The standard InChI is InChI=1S/C19H26N2O2/c1-12-8-9-16-14(10-12)15(11-20-16)13-6-5-7-17(13)21-18(22)23-19(2,3)4/h8-11,13,17,20H,5-7H2,1-4H3,(H,21,22)/t13-,17+/m0/s1. The van der Waals surface area contributed by atoms with Crippen molar-refractivity contribution >= 4 is 17.0 Å². The molecule has 1 aromatic heterocycles. The molecule has 2 aromatic rings. The van der Waals surface area contributed by atoms with E-state index < -0.39 is 5.60 Å². The van der Waals surface area contributed by atoms with Crippen LogP contribution in [0.3, 0.4) is 0 Å². The largest absolute Gasteiger partial charge is 0.444 e. The van der Waals surface area contributed by atoms with Crippen LogP contribution >= 0.6 is 0 Å². The van der Waals surface area contributed by atoms with Gasteiger partial charge in [-0.2, -0.15) is 0 Å². The lowest BCUT2D eigenvalue weighted by Crippen LogP contribution is -2.40. The van der Waals surface area contributed by atoms with E-state index in [0.717, 1.165) is 24.8 Å². The number of carbonyl (C=O) groups excluding carboxylic acids is 1. The summed E-state index contributed by atoms with van der Waals surface area (Å²) in [5.41, 5.74) is 3.26. The highest BCUT2D eigenvalue weighted by molar-refractivity contribution is 5.84. The molecular formula is C19H26N2O2. The Morgan fingerprint density at radius 1 is 1.30 bits per heavy atom. The molecule has 0 spiro atoms. The van der Waals surface area contributed by atoms with E-state index in [1.54, 1.807) is 0 Å². The molecule has 1 aliphatic carbocycles. The van der Waals surface area contributed by atoms with E-state index >= 15 is 0 Å². The van der Waals surface area contributed by atoms with Gasteiger partial charge in [0.1, 0.15) is 5.60 Å². The van der Waals surface area contributed by atoms with E-state index in [1.807, 2.05) is 20.8 Å². The number of nitrogens with one attached hydrogen (secondary N) is 2. The van der Waals surface area contributed by atoms with Gasteiger partial charge in [-0.05, 0) is 58.2 Å². The molecule has 1 aliphatic rings. The Bertz CT molecular complexity index is 712. The summed E-state index contributed by atoms with van der Waals surface area (Å²) in [6.45, 7) is 7.78. The van der Waals surface area contributed by atoms with Gasteiger partial charge in [0.25, 0.3) is 0 Å². The highest BCUT2D eigenvalue weighted by Crippen LogP contribution is 2.38. The van der Waals surface area contributed by atoms with Crippen molar-refractivity contribution in [2.75, 3.05) is 0 Å². The maximum atomic E-state index is 12.1. The number of aromatic nitrogens is 1. The second-order valence-electron chi connectivity index (χ2n) is 7.58. The third-order valence-electron chi connectivity index (χ3n) is 4.49. The molecule has 4 nitrogen and oxygen atoms in total. The highest BCUT2D eigenvalue weighted by atomic mass is 16.6. The number of aromatic amines is 1. The average Bonchev–Trinajstić information content (AvgIpc) is 3.02. The summed E-state index contributed by atoms with van der Waals surface area (Å²) in [6.07, 6.45) is 5.02. The number of hydrogen-bond donors (Lipinski definition) is 2. The summed E-state index contributed by atoms with van der Waals surface area (Å²) < 4.78 is 5.41. The van der Waals surface area contributed by atoms with E-state index in [9.17, 15) is 4.79 Å². The molecule has 1 heterocycles. The zero-order valence-electron chi connectivity index (χ0n) is 14.4. The maximum absolute atomic E-state index is 12.1. The van der Waals surface area contributed by atoms with E-state index in [1.165, 1.54) is 16.5 Å². The molecule has 0 unspecified atom stereocenters. The minimum Gasteiger partial charge on any atom is -0.444 e. The van der Waals surface area contributed by atoms with Gasteiger partial charge in [0, 0.05) is 29.1 Å². The van der Waals surface area contributed by atoms with Crippen LogP contribution in [-0.4, -0.2) is 22.7 Å². The van der Waals surface area contributed by atoms with Gasteiger partial charge in [-0.25, -0.2) is 4.79 Å².